The summed E-state index contributed by atoms with van der Waals surface area (Å²) in [4.78, 5) is 0. The van der Waals surface area contributed by atoms with Crippen LogP contribution in [-0.4, -0.2) is 6.54 Å². The molecule has 1 aromatic heterocycles. The zero-order valence-electron chi connectivity index (χ0n) is 12.6. The molecule has 20 heavy (non-hydrogen) atoms. The van der Waals surface area contributed by atoms with E-state index in [9.17, 15) is 0 Å². The molecule has 108 valence electrons. The fourth-order valence-electron chi connectivity index (χ4n) is 2.48. The summed E-state index contributed by atoms with van der Waals surface area (Å²) in [6.45, 7) is 5.47. The summed E-state index contributed by atoms with van der Waals surface area (Å²) in [5, 5.41) is 3.66. The first-order chi connectivity index (χ1) is 9.83. The van der Waals surface area contributed by atoms with Gasteiger partial charge in [0.15, 0.2) is 0 Å². The maximum atomic E-state index is 5.44. The highest BCUT2D eigenvalue weighted by Crippen LogP contribution is 2.21. The summed E-state index contributed by atoms with van der Waals surface area (Å²) in [6, 6.07) is 13.4. The van der Waals surface area contributed by atoms with E-state index in [1.165, 1.54) is 11.1 Å². The van der Waals surface area contributed by atoms with Crippen LogP contribution in [0.1, 0.15) is 49.6 Å². The molecule has 1 N–H and O–H groups in total. The number of hydrogen-bond acceptors (Lipinski definition) is 2. The minimum absolute atomic E-state index is 0.409. The van der Waals surface area contributed by atoms with E-state index in [1.807, 2.05) is 6.07 Å². The third-order valence-corrected chi connectivity index (χ3v) is 3.66. The molecule has 0 spiro atoms. The Hall–Kier alpha value is -1.54. The summed E-state index contributed by atoms with van der Waals surface area (Å²) in [5.74, 6) is 1.07. The van der Waals surface area contributed by atoms with Crippen molar-refractivity contribution < 1.29 is 4.42 Å². The van der Waals surface area contributed by atoms with Gasteiger partial charge in [0.25, 0.3) is 0 Å². The molecule has 0 bridgehead atoms. The van der Waals surface area contributed by atoms with Gasteiger partial charge in [-0.3, -0.25) is 0 Å². The van der Waals surface area contributed by atoms with E-state index in [0.717, 1.165) is 38.0 Å². The fourth-order valence-corrected chi connectivity index (χ4v) is 2.48. The quantitative estimate of drug-likeness (QED) is 0.764. The minimum Gasteiger partial charge on any atom is -0.469 e. The van der Waals surface area contributed by atoms with Crippen LogP contribution < -0.4 is 5.32 Å². The second kappa shape index (κ2) is 7.91. The topological polar surface area (TPSA) is 25.2 Å². The molecule has 2 heteroatoms. The van der Waals surface area contributed by atoms with Gasteiger partial charge < -0.3 is 9.73 Å². The van der Waals surface area contributed by atoms with E-state index in [1.54, 1.807) is 6.26 Å². The normalized spacial score (nSPS) is 12.5. The van der Waals surface area contributed by atoms with Crippen LogP contribution in [0, 0.1) is 0 Å². The number of aryl methyl sites for hydroxylation is 2. The molecule has 0 saturated heterocycles. The Morgan fingerprint density at radius 2 is 2.05 bits per heavy atom. The lowest BCUT2D eigenvalue weighted by molar-refractivity contribution is 0.452. The predicted molar refractivity (Wildman–Crippen MR) is 83.9 cm³/mol. The average Bonchev–Trinajstić information content (AvgIpc) is 3.01. The highest BCUT2D eigenvalue weighted by atomic mass is 16.3. The van der Waals surface area contributed by atoms with Crippen LogP contribution in [-0.2, 0) is 12.8 Å². The largest absolute Gasteiger partial charge is 0.469 e. The zero-order chi connectivity index (χ0) is 14.2. The monoisotopic (exact) mass is 271 g/mol. The van der Waals surface area contributed by atoms with Crippen LogP contribution in [0.3, 0.4) is 0 Å². The molecule has 1 heterocycles. The van der Waals surface area contributed by atoms with Gasteiger partial charge >= 0.3 is 0 Å². The van der Waals surface area contributed by atoms with Crippen molar-refractivity contribution >= 4 is 0 Å². The number of nitrogens with one attached hydrogen (secondary N) is 1. The van der Waals surface area contributed by atoms with Crippen LogP contribution in [0.5, 0.6) is 0 Å². The van der Waals surface area contributed by atoms with Crippen molar-refractivity contribution in [3.63, 3.8) is 0 Å². The van der Waals surface area contributed by atoms with Crippen molar-refractivity contribution in [2.24, 2.45) is 0 Å². The van der Waals surface area contributed by atoms with Crippen molar-refractivity contribution in [1.29, 1.82) is 0 Å². The molecule has 1 aromatic carbocycles. The summed E-state index contributed by atoms with van der Waals surface area (Å²) in [5.41, 5.74) is 2.80. The van der Waals surface area contributed by atoms with Crippen molar-refractivity contribution in [3.05, 3.63) is 59.5 Å². The fraction of sp³-hybridized carbons (Fsp3) is 0.444. The molecule has 0 saturated carbocycles. The van der Waals surface area contributed by atoms with Crippen molar-refractivity contribution in [2.45, 2.75) is 45.6 Å². The first-order valence-corrected chi connectivity index (χ1v) is 7.68. The highest BCUT2D eigenvalue weighted by molar-refractivity contribution is 5.26. The minimum atomic E-state index is 0.409. The first-order valence-electron chi connectivity index (χ1n) is 7.68. The lowest BCUT2D eigenvalue weighted by atomic mass is 9.98. The lowest BCUT2D eigenvalue weighted by Crippen LogP contribution is -2.22. The van der Waals surface area contributed by atoms with E-state index < -0.39 is 0 Å². The van der Waals surface area contributed by atoms with Gasteiger partial charge in [-0.15, -0.1) is 0 Å². The molecule has 1 atom stereocenters. The molecule has 0 aliphatic rings. The molecule has 0 aliphatic heterocycles. The van der Waals surface area contributed by atoms with Gasteiger partial charge in [0, 0.05) is 12.5 Å². The Kier molecular flexibility index (Phi) is 5.87. The Labute approximate surface area is 122 Å². The third kappa shape index (κ3) is 4.24. The van der Waals surface area contributed by atoms with Crippen LogP contribution in [0.4, 0.5) is 0 Å². The third-order valence-electron chi connectivity index (χ3n) is 3.66. The van der Waals surface area contributed by atoms with Gasteiger partial charge in [-0.2, -0.15) is 0 Å². The van der Waals surface area contributed by atoms with Gasteiger partial charge in [0.05, 0.1) is 6.26 Å². The van der Waals surface area contributed by atoms with Crippen molar-refractivity contribution in [3.8, 4) is 0 Å². The van der Waals surface area contributed by atoms with E-state index in [0.29, 0.717) is 6.04 Å². The smallest absolute Gasteiger partial charge is 0.103 e. The van der Waals surface area contributed by atoms with Gasteiger partial charge in [0.1, 0.15) is 5.76 Å². The Balaban J connectivity index is 2.05. The maximum Gasteiger partial charge on any atom is 0.103 e. The van der Waals surface area contributed by atoms with Gasteiger partial charge in [-0.05, 0) is 49.1 Å². The molecular formula is C18H25NO. The Bertz CT molecular complexity index is 490. The number of hydrogen-bond donors (Lipinski definition) is 1. The first kappa shape index (κ1) is 14.9. The predicted octanol–water partition coefficient (Wildman–Crippen LogP) is 4.52. The molecule has 1 unspecified atom stereocenters. The summed E-state index contributed by atoms with van der Waals surface area (Å²) in [6.07, 6.45) is 6.05. The SMILES string of the molecule is CCCNC(CCc1ccco1)c1cccc(CC)c1. The van der Waals surface area contributed by atoms with Crippen molar-refractivity contribution in [1.82, 2.24) is 5.32 Å². The number of furan rings is 1. The van der Waals surface area contributed by atoms with Crippen molar-refractivity contribution in [2.75, 3.05) is 6.54 Å². The molecule has 0 fully saturated rings. The Morgan fingerprint density at radius 1 is 1.15 bits per heavy atom. The van der Waals surface area contributed by atoms with Crippen LogP contribution in [0.2, 0.25) is 0 Å². The lowest BCUT2D eigenvalue weighted by Gasteiger charge is -2.19. The van der Waals surface area contributed by atoms with Crippen LogP contribution >= 0.6 is 0 Å². The molecule has 0 aliphatic carbocycles. The Morgan fingerprint density at radius 3 is 2.75 bits per heavy atom. The molecule has 0 radical (unpaired) electrons. The van der Waals surface area contributed by atoms with Gasteiger partial charge in [0.2, 0.25) is 0 Å². The number of rotatable bonds is 8. The van der Waals surface area contributed by atoms with Gasteiger partial charge in [-0.1, -0.05) is 38.1 Å². The molecule has 2 rings (SSSR count). The average molecular weight is 271 g/mol. The van der Waals surface area contributed by atoms with Crippen LogP contribution in [0.15, 0.2) is 47.1 Å². The van der Waals surface area contributed by atoms with E-state index in [-0.39, 0.29) is 0 Å². The zero-order valence-corrected chi connectivity index (χ0v) is 12.6. The second-order valence-electron chi connectivity index (χ2n) is 5.22. The van der Waals surface area contributed by atoms with E-state index in [2.05, 4.69) is 49.5 Å². The van der Waals surface area contributed by atoms with E-state index in [4.69, 9.17) is 4.42 Å². The molecule has 2 aromatic rings. The highest BCUT2D eigenvalue weighted by Gasteiger charge is 2.12. The molecular weight excluding hydrogens is 246 g/mol. The summed E-state index contributed by atoms with van der Waals surface area (Å²) in [7, 11) is 0. The second-order valence-corrected chi connectivity index (χ2v) is 5.22. The van der Waals surface area contributed by atoms with Crippen LogP contribution in [0.25, 0.3) is 0 Å². The molecule has 2 nitrogen and oxygen atoms in total. The summed E-state index contributed by atoms with van der Waals surface area (Å²) >= 11 is 0. The van der Waals surface area contributed by atoms with Gasteiger partial charge in [-0.25, -0.2) is 0 Å². The summed E-state index contributed by atoms with van der Waals surface area (Å²) < 4.78 is 5.44. The van der Waals surface area contributed by atoms with E-state index >= 15 is 0 Å². The number of benzene rings is 1. The standard InChI is InChI=1S/C18H25NO/c1-3-12-19-18(11-10-17-9-6-13-20-17)16-8-5-7-15(4-2)14-16/h5-9,13-14,18-19H,3-4,10-12H2,1-2H3. The molecule has 0 amide bonds. The maximum absolute atomic E-state index is 5.44.